The molecule has 0 fully saturated rings. The fraction of sp³-hybridized carbons (Fsp3) is 0.133. The summed E-state index contributed by atoms with van der Waals surface area (Å²) in [5.74, 6) is 0.889. The van der Waals surface area contributed by atoms with Crippen molar-refractivity contribution < 1.29 is 0 Å². The van der Waals surface area contributed by atoms with Crippen LogP contribution in [0.2, 0.25) is 0 Å². The third-order valence-electron chi connectivity index (χ3n) is 2.66. The normalized spacial score (nSPS) is 12.2. The van der Waals surface area contributed by atoms with Gasteiger partial charge in [0.2, 0.25) is 0 Å². The smallest absolute Gasteiger partial charge is 0.132 e. The molecule has 2 heteroatoms. The molecule has 0 radical (unpaired) electrons. The Morgan fingerprint density at radius 3 is 2.65 bits per heavy atom. The molecule has 0 aliphatic rings. The van der Waals surface area contributed by atoms with Crippen LogP contribution in [-0.2, 0) is 0 Å². The molecule has 2 rings (SSSR count). The van der Waals surface area contributed by atoms with Gasteiger partial charge in [0.25, 0.3) is 0 Å². The number of allylic oxidation sites excluding steroid dienone is 1. The van der Waals surface area contributed by atoms with Crippen LogP contribution in [0, 0.1) is 0 Å². The number of hydrogen-bond donors (Lipinski definition) is 1. The molecular formula is C15H16N2. The van der Waals surface area contributed by atoms with E-state index in [1.807, 2.05) is 25.3 Å². The van der Waals surface area contributed by atoms with Crippen molar-refractivity contribution in [3.63, 3.8) is 0 Å². The van der Waals surface area contributed by atoms with Crippen molar-refractivity contribution >= 4 is 16.6 Å². The van der Waals surface area contributed by atoms with E-state index < -0.39 is 0 Å². The second kappa shape index (κ2) is 5.30. The van der Waals surface area contributed by atoms with Crippen molar-refractivity contribution in [3.05, 3.63) is 60.3 Å². The Kier molecular flexibility index (Phi) is 3.55. The average Bonchev–Trinajstić information content (AvgIpc) is 2.40. The van der Waals surface area contributed by atoms with Gasteiger partial charge in [-0.2, -0.15) is 0 Å². The van der Waals surface area contributed by atoms with Gasteiger partial charge in [0, 0.05) is 12.6 Å². The number of nitrogens with one attached hydrogen (secondary N) is 1. The number of fused-ring (bicyclic) bond motifs is 1. The maximum absolute atomic E-state index is 4.30. The lowest BCUT2D eigenvalue weighted by Gasteiger charge is -2.09. The maximum Gasteiger partial charge on any atom is 0.132 e. The topological polar surface area (TPSA) is 24.4 Å². The summed E-state index contributed by atoms with van der Waals surface area (Å²) in [7, 11) is 1.80. The number of hydrogen-bond acceptors (Lipinski definition) is 1. The highest BCUT2D eigenvalue weighted by molar-refractivity contribution is 6.10. The fourth-order valence-corrected chi connectivity index (χ4v) is 1.86. The van der Waals surface area contributed by atoms with E-state index in [0.717, 1.165) is 11.4 Å². The number of aliphatic imine (C=N–C) groups is 1. The quantitative estimate of drug-likeness (QED) is 0.614. The summed E-state index contributed by atoms with van der Waals surface area (Å²) < 4.78 is 0. The van der Waals surface area contributed by atoms with E-state index in [0.29, 0.717) is 0 Å². The summed E-state index contributed by atoms with van der Waals surface area (Å²) in [4.78, 5) is 4.30. The third-order valence-corrected chi connectivity index (χ3v) is 2.66. The largest absolute Gasteiger partial charge is 0.347 e. The van der Waals surface area contributed by atoms with E-state index in [9.17, 15) is 0 Å². The monoisotopic (exact) mass is 224 g/mol. The first-order valence-electron chi connectivity index (χ1n) is 5.69. The number of benzene rings is 2. The van der Waals surface area contributed by atoms with Gasteiger partial charge in [-0.25, -0.2) is 0 Å². The van der Waals surface area contributed by atoms with Gasteiger partial charge in [-0.05, 0) is 23.9 Å². The highest BCUT2D eigenvalue weighted by atomic mass is 15.0. The lowest BCUT2D eigenvalue weighted by Crippen LogP contribution is -2.18. The molecule has 0 saturated carbocycles. The third kappa shape index (κ3) is 2.36. The van der Waals surface area contributed by atoms with Gasteiger partial charge in [0.15, 0.2) is 0 Å². The first-order valence-corrected chi connectivity index (χ1v) is 5.69. The number of amidine groups is 1. The molecule has 86 valence electrons. The summed E-state index contributed by atoms with van der Waals surface area (Å²) in [5, 5.41) is 5.64. The van der Waals surface area contributed by atoms with Crippen LogP contribution in [0.15, 0.2) is 59.7 Å². The molecule has 0 aliphatic heterocycles. The SMILES string of the molecule is C/C=C/NC(=NC)c1cccc2ccccc12. The van der Waals surface area contributed by atoms with Crippen LogP contribution in [0.4, 0.5) is 0 Å². The van der Waals surface area contributed by atoms with Crippen LogP contribution in [0.25, 0.3) is 10.8 Å². The standard InChI is InChI=1S/C15H16N2/c1-3-11-17-15(16-2)14-10-6-8-12-7-4-5-9-13(12)14/h3-11H,1-2H3,(H,16,17)/b11-3+. The summed E-state index contributed by atoms with van der Waals surface area (Å²) >= 11 is 0. The summed E-state index contributed by atoms with van der Waals surface area (Å²) in [5.41, 5.74) is 1.13. The molecule has 17 heavy (non-hydrogen) atoms. The Bertz CT molecular complexity index is 563. The molecule has 0 unspecified atom stereocenters. The Balaban J connectivity index is 2.54. The fourth-order valence-electron chi connectivity index (χ4n) is 1.86. The molecule has 2 nitrogen and oxygen atoms in total. The molecule has 0 heterocycles. The first kappa shape index (κ1) is 11.4. The van der Waals surface area contributed by atoms with Gasteiger partial charge >= 0.3 is 0 Å². The van der Waals surface area contributed by atoms with Crippen molar-refractivity contribution in [2.45, 2.75) is 6.92 Å². The zero-order chi connectivity index (χ0) is 12.1. The summed E-state index contributed by atoms with van der Waals surface area (Å²) in [6, 6.07) is 14.6. The van der Waals surface area contributed by atoms with Crippen LogP contribution in [0.5, 0.6) is 0 Å². The highest BCUT2D eigenvalue weighted by Crippen LogP contribution is 2.18. The van der Waals surface area contributed by atoms with E-state index in [4.69, 9.17) is 0 Å². The minimum Gasteiger partial charge on any atom is -0.347 e. The summed E-state index contributed by atoms with van der Waals surface area (Å²) in [6.45, 7) is 1.98. The van der Waals surface area contributed by atoms with Crippen molar-refractivity contribution in [3.8, 4) is 0 Å². The summed E-state index contributed by atoms with van der Waals surface area (Å²) in [6.07, 6.45) is 3.85. The number of nitrogens with zero attached hydrogens (tertiary/aromatic N) is 1. The van der Waals surface area contributed by atoms with Gasteiger partial charge in [-0.15, -0.1) is 0 Å². The first-order chi connectivity index (χ1) is 8.36. The average molecular weight is 224 g/mol. The maximum atomic E-state index is 4.30. The van der Waals surface area contributed by atoms with E-state index >= 15 is 0 Å². The molecule has 0 saturated heterocycles. The molecule has 2 aromatic carbocycles. The van der Waals surface area contributed by atoms with Crippen LogP contribution in [0.3, 0.4) is 0 Å². The zero-order valence-corrected chi connectivity index (χ0v) is 10.1. The molecule has 1 N–H and O–H groups in total. The second-order valence-electron chi connectivity index (χ2n) is 3.74. The Morgan fingerprint density at radius 1 is 1.12 bits per heavy atom. The molecule has 0 aromatic heterocycles. The second-order valence-corrected chi connectivity index (χ2v) is 3.74. The van der Waals surface area contributed by atoms with Crippen molar-refractivity contribution in [2.75, 3.05) is 7.05 Å². The molecule has 0 aliphatic carbocycles. The Morgan fingerprint density at radius 2 is 1.88 bits per heavy atom. The minimum absolute atomic E-state index is 0.889. The predicted molar refractivity (Wildman–Crippen MR) is 74.4 cm³/mol. The van der Waals surface area contributed by atoms with Crippen LogP contribution >= 0.6 is 0 Å². The van der Waals surface area contributed by atoms with E-state index in [1.54, 1.807) is 7.05 Å². The molecule has 2 aromatic rings. The van der Waals surface area contributed by atoms with Crippen molar-refractivity contribution in [1.29, 1.82) is 0 Å². The van der Waals surface area contributed by atoms with Gasteiger partial charge in [0.1, 0.15) is 5.84 Å². The Labute approximate surface area is 102 Å². The Hall–Kier alpha value is -2.09. The zero-order valence-electron chi connectivity index (χ0n) is 10.1. The highest BCUT2D eigenvalue weighted by Gasteiger charge is 2.05. The van der Waals surface area contributed by atoms with E-state index in [-0.39, 0.29) is 0 Å². The van der Waals surface area contributed by atoms with Crippen molar-refractivity contribution in [2.24, 2.45) is 4.99 Å². The molecular weight excluding hydrogens is 208 g/mol. The van der Waals surface area contributed by atoms with Gasteiger partial charge < -0.3 is 5.32 Å². The molecule has 0 atom stereocenters. The minimum atomic E-state index is 0.889. The molecule has 0 spiro atoms. The lowest BCUT2D eigenvalue weighted by molar-refractivity contribution is 1.22. The number of rotatable bonds is 2. The molecule has 0 amide bonds. The van der Waals surface area contributed by atoms with Crippen molar-refractivity contribution in [1.82, 2.24) is 5.32 Å². The van der Waals surface area contributed by atoms with Gasteiger partial charge in [-0.1, -0.05) is 48.5 Å². The molecule has 0 bridgehead atoms. The lowest BCUT2D eigenvalue weighted by atomic mass is 10.0. The van der Waals surface area contributed by atoms with Crippen LogP contribution in [0.1, 0.15) is 12.5 Å². The van der Waals surface area contributed by atoms with Gasteiger partial charge in [0.05, 0.1) is 0 Å². The van der Waals surface area contributed by atoms with E-state index in [2.05, 4.69) is 46.7 Å². The van der Waals surface area contributed by atoms with Crippen LogP contribution in [-0.4, -0.2) is 12.9 Å². The van der Waals surface area contributed by atoms with E-state index in [1.165, 1.54) is 10.8 Å². The van der Waals surface area contributed by atoms with Gasteiger partial charge in [-0.3, -0.25) is 4.99 Å². The predicted octanol–water partition coefficient (Wildman–Crippen LogP) is 3.34. The van der Waals surface area contributed by atoms with Crippen LogP contribution < -0.4 is 5.32 Å².